The van der Waals surface area contributed by atoms with Crippen LogP contribution in [0.2, 0.25) is 0 Å². The van der Waals surface area contributed by atoms with Crippen LogP contribution in [0, 0.1) is 0 Å². The third-order valence-corrected chi connectivity index (χ3v) is 11.5. The highest BCUT2D eigenvalue weighted by Crippen LogP contribution is 2.37. The van der Waals surface area contributed by atoms with Gasteiger partial charge in [0.1, 0.15) is 23.3 Å². The van der Waals surface area contributed by atoms with Crippen LogP contribution in [-0.2, 0) is 4.79 Å². The Morgan fingerprint density at radius 1 is 0.678 bits per heavy atom. The number of carbonyl (C=O) groups excluding carboxylic acids is 2. The first-order chi connectivity index (χ1) is 28.8. The molecule has 3 amide bonds. The maximum absolute atomic E-state index is 14.0. The number of hydrogen-bond donors (Lipinski definition) is 3. The molecule has 2 fully saturated rings. The third-order valence-electron chi connectivity index (χ3n) is 11.5. The Kier molecular flexibility index (Phi) is 10.1. The monoisotopic (exact) mass is 786 g/mol. The van der Waals surface area contributed by atoms with Gasteiger partial charge in [-0.2, -0.15) is 0 Å². The predicted molar refractivity (Wildman–Crippen MR) is 221 cm³/mol. The minimum absolute atomic E-state index is 0.124. The molecule has 0 aliphatic carbocycles. The first-order valence-corrected chi connectivity index (χ1v) is 19.8. The van der Waals surface area contributed by atoms with Gasteiger partial charge in [0.05, 0.1) is 42.1 Å². The van der Waals surface area contributed by atoms with Gasteiger partial charge in [0.2, 0.25) is 0 Å². The van der Waals surface area contributed by atoms with E-state index in [1.807, 2.05) is 71.8 Å². The molecule has 0 saturated carbocycles. The van der Waals surface area contributed by atoms with Crippen LogP contribution in [0.4, 0.5) is 4.79 Å². The van der Waals surface area contributed by atoms with Crippen LogP contribution in [0.5, 0.6) is 0 Å². The van der Waals surface area contributed by atoms with Gasteiger partial charge in [0.15, 0.2) is 5.76 Å². The number of hydrogen-bond acceptors (Lipinski definition) is 7. The maximum Gasteiger partial charge on any atom is 0.407 e. The van der Waals surface area contributed by atoms with Gasteiger partial charge < -0.3 is 29.4 Å². The number of aromatic amines is 2. The van der Waals surface area contributed by atoms with Crippen LogP contribution < -0.4 is 0 Å². The van der Waals surface area contributed by atoms with E-state index in [0.717, 1.165) is 75.6 Å². The molecule has 13 nitrogen and oxygen atoms in total. The molecule has 0 bridgehead atoms. The van der Waals surface area contributed by atoms with Gasteiger partial charge in [-0.05, 0) is 53.5 Å². The number of benzene rings is 4. The Morgan fingerprint density at radius 2 is 1.19 bits per heavy atom. The highest BCUT2D eigenvalue weighted by molar-refractivity contribution is 5.99. The topological polar surface area (TPSA) is 165 Å². The summed E-state index contributed by atoms with van der Waals surface area (Å²) in [4.78, 5) is 60.7. The molecule has 0 radical (unpaired) electrons. The quantitative estimate of drug-likeness (QED) is 0.124. The summed E-state index contributed by atoms with van der Waals surface area (Å²) in [5, 5.41) is 13.7. The minimum Gasteiger partial charge on any atom is -0.465 e. The largest absolute Gasteiger partial charge is 0.465 e. The third kappa shape index (κ3) is 7.27. The lowest BCUT2D eigenvalue weighted by Crippen LogP contribution is -2.43. The second kappa shape index (κ2) is 15.9. The second-order valence-corrected chi connectivity index (χ2v) is 15.0. The van der Waals surface area contributed by atoms with Crippen LogP contribution in [0.3, 0.4) is 0 Å². The first kappa shape index (κ1) is 37.3. The molecule has 0 spiro atoms. The molecule has 0 unspecified atom stereocenters. The number of rotatable bonds is 10. The van der Waals surface area contributed by atoms with Crippen LogP contribution in [-0.4, -0.2) is 82.9 Å². The van der Waals surface area contributed by atoms with Gasteiger partial charge in [-0.3, -0.25) is 14.5 Å². The predicted octanol–water partition coefficient (Wildman–Crippen LogP) is 8.78. The molecule has 2 saturated heterocycles. The lowest BCUT2D eigenvalue weighted by Gasteiger charge is -2.32. The number of H-pyrrole nitrogens is 2. The van der Waals surface area contributed by atoms with Gasteiger partial charge in [0.25, 0.3) is 11.8 Å². The lowest BCUT2D eigenvalue weighted by atomic mass is 10.0. The van der Waals surface area contributed by atoms with Gasteiger partial charge in [-0.1, -0.05) is 114 Å². The molecule has 4 aromatic carbocycles. The summed E-state index contributed by atoms with van der Waals surface area (Å²) < 4.78 is 5.51. The van der Waals surface area contributed by atoms with Gasteiger partial charge in [0, 0.05) is 25.7 Å². The van der Waals surface area contributed by atoms with Gasteiger partial charge in [-0.15, -0.1) is 0 Å². The molecule has 3 aromatic heterocycles. The summed E-state index contributed by atoms with van der Waals surface area (Å²) in [5.74, 6) is 1.51. The fraction of sp³-hybridized carbons (Fsp3) is 0.217. The van der Waals surface area contributed by atoms with Crippen molar-refractivity contribution in [1.29, 1.82) is 0 Å². The summed E-state index contributed by atoms with van der Waals surface area (Å²) in [6.07, 6.45) is 7.14. The highest BCUT2D eigenvalue weighted by atomic mass is 16.5. The molecule has 59 heavy (non-hydrogen) atoms. The summed E-state index contributed by atoms with van der Waals surface area (Å²) in [6.45, 7) is 1.14. The van der Waals surface area contributed by atoms with Crippen molar-refractivity contribution in [3.05, 3.63) is 151 Å². The molecule has 5 heterocycles. The zero-order valence-corrected chi connectivity index (χ0v) is 32.4. The molecular formula is C46H42N8O5. The van der Waals surface area contributed by atoms with Crippen LogP contribution in [0.1, 0.15) is 71.4 Å². The summed E-state index contributed by atoms with van der Waals surface area (Å²) in [6, 6.07) is 33.7. The zero-order valence-electron chi connectivity index (χ0n) is 32.4. The lowest BCUT2D eigenvalue weighted by molar-refractivity contribution is -0.137. The highest BCUT2D eigenvalue weighted by Gasteiger charge is 2.39. The first-order valence-electron chi connectivity index (χ1n) is 19.8. The SMILES string of the molecule is CN(C(=O)O)[C@@H](C(=O)N1CCC[C@H]1c1ncc(-c2ccc(-c3ccc(-c4cnc([C@@H]5CCCN5C(=O)c5cnoc5-c5ccccc5)[nH]4)cc3)cc2)[nH]1)c1ccccc1. The molecule has 3 N–H and O–H groups in total. The maximum atomic E-state index is 14.0. The number of imidazole rings is 2. The molecular weight excluding hydrogens is 745 g/mol. The number of nitrogens with zero attached hydrogens (tertiary/aromatic N) is 6. The molecule has 2 aliphatic rings. The van der Waals surface area contributed by atoms with Crippen molar-refractivity contribution in [3.63, 3.8) is 0 Å². The second-order valence-electron chi connectivity index (χ2n) is 15.0. The van der Waals surface area contributed by atoms with E-state index in [1.165, 1.54) is 13.2 Å². The molecule has 296 valence electrons. The van der Waals surface area contributed by atoms with Crippen molar-refractivity contribution in [1.82, 2.24) is 39.8 Å². The van der Waals surface area contributed by atoms with Crippen molar-refractivity contribution in [2.45, 2.75) is 43.8 Å². The Morgan fingerprint density at radius 3 is 1.75 bits per heavy atom. The number of amides is 3. The Balaban J connectivity index is 0.865. The van der Waals surface area contributed by atoms with Gasteiger partial charge in [-0.25, -0.2) is 14.8 Å². The number of aromatic nitrogens is 5. The number of likely N-dealkylation sites (N-methyl/N-ethyl adjacent to an activating group) is 1. The number of likely N-dealkylation sites (tertiary alicyclic amines) is 2. The summed E-state index contributed by atoms with van der Waals surface area (Å²) >= 11 is 0. The van der Waals surface area contributed by atoms with Crippen LogP contribution in [0.15, 0.2) is 132 Å². The average molecular weight is 787 g/mol. The van der Waals surface area contributed by atoms with Crippen LogP contribution >= 0.6 is 0 Å². The molecule has 2 aliphatic heterocycles. The van der Waals surface area contributed by atoms with Crippen molar-refractivity contribution in [3.8, 4) is 45.0 Å². The van der Waals surface area contributed by atoms with E-state index in [9.17, 15) is 19.5 Å². The molecule has 9 rings (SSSR count). The molecule has 13 heteroatoms. The van der Waals surface area contributed by atoms with E-state index in [0.29, 0.717) is 35.8 Å². The summed E-state index contributed by atoms with van der Waals surface area (Å²) in [5.41, 5.74) is 7.63. The van der Waals surface area contributed by atoms with E-state index < -0.39 is 12.1 Å². The van der Waals surface area contributed by atoms with Crippen molar-refractivity contribution in [2.75, 3.05) is 20.1 Å². The van der Waals surface area contributed by atoms with E-state index in [1.54, 1.807) is 23.2 Å². The fourth-order valence-electron chi connectivity index (χ4n) is 8.38. The standard InChI is InChI=1S/C46H42N8O5/c1-52(46(57)58)40(33-10-4-2-5-11-33)45(56)54-25-9-15-39(54)43-48-28-37(51-43)32-22-18-30(19-23-32)29-16-20-31(21-17-29)36-27-47-42(50-36)38-14-8-24-53(38)44(55)35-26-49-59-41(35)34-12-6-3-7-13-34/h2-7,10-13,16-23,26-28,38-40H,8-9,14-15,24-25H2,1H3,(H,47,50)(H,48,51)(H,57,58)/t38-,39-,40+/m0/s1. The smallest absolute Gasteiger partial charge is 0.407 e. The molecule has 3 atom stereocenters. The Hall–Kier alpha value is -7.28. The van der Waals surface area contributed by atoms with Gasteiger partial charge >= 0.3 is 6.09 Å². The number of carbonyl (C=O) groups is 3. The average Bonchev–Trinajstić information content (AvgIpc) is 4.13. The minimum atomic E-state index is -1.17. The summed E-state index contributed by atoms with van der Waals surface area (Å²) in [7, 11) is 1.43. The number of nitrogens with one attached hydrogen (secondary N) is 2. The van der Waals surface area contributed by atoms with Crippen molar-refractivity contribution in [2.24, 2.45) is 0 Å². The van der Waals surface area contributed by atoms with Crippen molar-refractivity contribution < 1.29 is 24.0 Å². The zero-order chi connectivity index (χ0) is 40.5. The van der Waals surface area contributed by atoms with E-state index >= 15 is 0 Å². The van der Waals surface area contributed by atoms with Crippen LogP contribution in [0.25, 0.3) is 45.0 Å². The van der Waals surface area contributed by atoms with E-state index in [-0.39, 0.29) is 23.9 Å². The normalized spacial score (nSPS) is 17.0. The Bertz CT molecular complexity index is 2580. The van der Waals surface area contributed by atoms with Crippen molar-refractivity contribution >= 4 is 17.9 Å². The molecule has 7 aromatic rings. The number of carboxylic acid groups (broad SMARTS) is 1. The fourth-order valence-corrected chi connectivity index (χ4v) is 8.38. The van der Waals surface area contributed by atoms with E-state index in [4.69, 9.17) is 14.5 Å². The van der Waals surface area contributed by atoms with E-state index in [2.05, 4.69) is 51.5 Å². The Labute approximate surface area is 340 Å².